The normalized spacial score (nSPS) is 11.1. The molecule has 11 rings (SSSR count). The first-order valence-corrected chi connectivity index (χ1v) is 21.4. The molecule has 9 aromatic carbocycles. The molecule has 0 spiro atoms. The van der Waals surface area contributed by atoms with Gasteiger partial charge in [0.25, 0.3) is 0 Å². The molecular formula is C59H39N5. The number of benzene rings is 9. The summed E-state index contributed by atoms with van der Waals surface area (Å²) in [6, 6.07) is 81.8. The lowest BCUT2D eigenvalue weighted by Gasteiger charge is -2.14. The van der Waals surface area contributed by atoms with Crippen LogP contribution in [0.4, 0.5) is 0 Å². The van der Waals surface area contributed by atoms with E-state index in [1.165, 1.54) is 16.3 Å². The third-order valence-corrected chi connectivity index (χ3v) is 11.6. The fourth-order valence-electron chi connectivity index (χ4n) is 8.30. The maximum atomic E-state index is 5.06. The van der Waals surface area contributed by atoms with E-state index in [1.54, 1.807) is 0 Å². The summed E-state index contributed by atoms with van der Waals surface area (Å²) in [5, 5.41) is 2.37. The SMILES string of the molecule is c1ccc(-c2ccc(-c3nc(-c4ccccc4)nc(-c4ccc(-c5cccc6cccc(-c7ccc(-c8cc(-c9ccccc9)nc(-c9ccccc9)n8)cc7)c56)cc4)n3)cc2)cc1. The molecule has 0 radical (unpaired) electrons. The van der Waals surface area contributed by atoms with E-state index in [-0.39, 0.29) is 0 Å². The molecule has 5 nitrogen and oxygen atoms in total. The maximum absolute atomic E-state index is 5.06. The smallest absolute Gasteiger partial charge is 0.164 e. The Bertz CT molecular complexity index is 3310. The zero-order chi connectivity index (χ0) is 42.7. The Kier molecular flexibility index (Phi) is 10.2. The second-order valence-corrected chi connectivity index (χ2v) is 15.7. The van der Waals surface area contributed by atoms with Crippen LogP contribution in [-0.2, 0) is 0 Å². The topological polar surface area (TPSA) is 64.5 Å². The fourth-order valence-corrected chi connectivity index (χ4v) is 8.30. The third-order valence-electron chi connectivity index (χ3n) is 11.6. The minimum Gasteiger partial charge on any atom is -0.228 e. The Morgan fingerprint density at radius 1 is 0.203 bits per heavy atom. The van der Waals surface area contributed by atoms with Gasteiger partial charge in [-0.25, -0.2) is 24.9 Å². The van der Waals surface area contributed by atoms with Crippen molar-refractivity contribution in [2.45, 2.75) is 0 Å². The van der Waals surface area contributed by atoms with E-state index in [1.807, 2.05) is 72.8 Å². The Labute approximate surface area is 372 Å². The highest BCUT2D eigenvalue weighted by atomic mass is 15.0. The van der Waals surface area contributed by atoms with Crippen LogP contribution in [0, 0.1) is 0 Å². The van der Waals surface area contributed by atoms with E-state index in [2.05, 4.69) is 164 Å². The van der Waals surface area contributed by atoms with E-state index in [0.717, 1.165) is 72.6 Å². The molecule has 0 saturated carbocycles. The molecule has 0 amide bonds. The van der Waals surface area contributed by atoms with Crippen LogP contribution in [0.1, 0.15) is 0 Å². The molecule has 0 saturated heterocycles. The van der Waals surface area contributed by atoms with Crippen LogP contribution in [-0.4, -0.2) is 24.9 Å². The minimum atomic E-state index is 0.622. The molecule has 0 aliphatic carbocycles. The molecule has 0 aliphatic heterocycles. The van der Waals surface area contributed by atoms with E-state index >= 15 is 0 Å². The van der Waals surface area contributed by atoms with Crippen molar-refractivity contribution in [1.82, 2.24) is 24.9 Å². The summed E-state index contributed by atoms with van der Waals surface area (Å²) in [4.78, 5) is 25.1. The van der Waals surface area contributed by atoms with Crippen molar-refractivity contribution in [3.63, 3.8) is 0 Å². The summed E-state index contributed by atoms with van der Waals surface area (Å²) < 4.78 is 0. The Balaban J connectivity index is 0.939. The standard InChI is InChI=1S/C59H39N5/c1-5-15-40(16-6-1)41-27-35-49(36-28-41)58-62-57(48-21-11-4-12-22-48)63-59(64-58)50-37-31-43(32-38-50)52-26-14-24-46-23-13-25-51(55(46)52)42-29-33-45(34-30-42)54-39-53(44-17-7-2-8-18-44)60-56(61-54)47-19-9-3-10-20-47/h1-39H. The lowest BCUT2D eigenvalue weighted by Crippen LogP contribution is -2.00. The average molecular weight is 818 g/mol. The molecule has 0 N–H and O–H groups in total. The number of hydrogen-bond donors (Lipinski definition) is 0. The molecule has 5 heteroatoms. The maximum Gasteiger partial charge on any atom is 0.164 e. The van der Waals surface area contributed by atoms with Crippen LogP contribution in [0.5, 0.6) is 0 Å². The molecule has 2 aromatic heterocycles. The zero-order valence-corrected chi connectivity index (χ0v) is 34.8. The van der Waals surface area contributed by atoms with Crippen LogP contribution >= 0.6 is 0 Å². The molecule has 64 heavy (non-hydrogen) atoms. The molecule has 300 valence electrons. The van der Waals surface area contributed by atoms with Gasteiger partial charge in [-0.3, -0.25) is 0 Å². The number of fused-ring (bicyclic) bond motifs is 1. The minimum absolute atomic E-state index is 0.622. The summed E-state index contributed by atoms with van der Waals surface area (Å²) in [6.07, 6.45) is 0. The zero-order valence-electron chi connectivity index (χ0n) is 34.8. The Hall–Kier alpha value is -8.67. The summed E-state index contributed by atoms with van der Waals surface area (Å²) in [6.45, 7) is 0. The van der Waals surface area contributed by atoms with Gasteiger partial charge < -0.3 is 0 Å². The lowest BCUT2D eigenvalue weighted by molar-refractivity contribution is 1.07. The van der Waals surface area contributed by atoms with Gasteiger partial charge in [-0.1, -0.05) is 231 Å². The second kappa shape index (κ2) is 17.0. The highest BCUT2D eigenvalue weighted by molar-refractivity contribution is 6.06. The van der Waals surface area contributed by atoms with Crippen molar-refractivity contribution in [2.75, 3.05) is 0 Å². The van der Waals surface area contributed by atoms with E-state index in [0.29, 0.717) is 23.3 Å². The van der Waals surface area contributed by atoms with Crippen molar-refractivity contribution in [2.24, 2.45) is 0 Å². The van der Waals surface area contributed by atoms with Gasteiger partial charge in [0.05, 0.1) is 11.4 Å². The largest absolute Gasteiger partial charge is 0.228 e. The van der Waals surface area contributed by atoms with Crippen molar-refractivity contribution >= 4 is 10.8 Å². The molecule has 11 aromatic rings. The van der Waals surface area contributed by atoms with Gasteiger partial charge in [0.1, 0.15) is 0 Å². The fraction of sp³-hybridized carbons (Fsp3) is 0. The van der Waals surface area contributed by atoms with Crippen LogP contribution in [0.25, 0.3) is 112 Å². The van der Waals surface area contributed by atoms with Crippen LogP contribution in [0.15, 0.2) is 237 Å². The van der Waals surface area contributed by atoms with Gasteiger partial charge in [0.2, 0.25) is 0 Å². The van der Waals surface area contributed by atoms with Gasteiger partial charge in [-0.15, -0.1) is 0 Å². The Morgan fingerprint density at radius 3 is 0.938 bits per heavy atom. The average Bonchev–Trinajstić information content (AvgIpc) is 3.39. The monoisotopic (exact) mass is 817 g/mol. The van der Waals surface area contributed by atoms with Crippen molar-refractivity contribution in [3.8, 4) is 101 Å². The van der Waals surface area contributed by atoms with Gasteiger partial charge >= 0.3 is 0 Å². The molecule has 0 bridgehead atoms. The molecule has 0 aliphatic rings. The molecule has 2 heterocycles. The predicted molar refractivity (Wildman–Crippen MR) is 262 cm³/mol. The van der Waals surface area contributed by atoms with Crippen molar-refractivity contribution < 1.29 is 0 Å². The molecule has 0 unspecified atom stereocenters. The number of aromatic nitrogens is 5. The summed E-state index contributed by atoms with van der Waals surface area (Å²) >= 11 is 0. The van der Waals surface area contributed by atoms with Gasteiger partial charge in [-0.05, 0) is 50.2 Å². The van der Waals surface area contributed by atoms with Gasteiger partial charge in [0.15, 0.2) is 23.3 Å². The quantitative estimate of drug-likeness (QED) is 0.145. The molecule has 0 atom stereocenters. The summed E-state index contributed by atoms with van der Waals surface area (Å²) in [5.41, 5.74) is 14.5. The number of rotatable bonds is 9. The van der Waals surface area contributed by atoms with Gasteiger partial charge in [0, 0.05) is 33.4 Å². The van der Waals surface area contributed by atoms with Crippen molar-refractivity contribution in [1.29, 1.82) is 0 Å². The summed E-state index contributed by atoms with van der Waals surface area (Å²) in [5.74, 6) is 2.59. The van der Waals surface area contributed by atoms with E-state index in [9.17, 15) is 0 Å². The predicted octanol–water partition coefficient (Wildman–Crippen LogP) is 14.8. The first-order chi connectivity index (χ1) is 31.7. The molecule has 0 fully saturated rings. The highest BCUT2D eigenvalue weighted by Crippen LogP contribution is 2.38. The first-order valence-electron chi connectivity index (χ1n) is 21.4. The molecular weight excluding hydrogens is 779 g/mol. The second-order valence-electron chi connectivity index (χ2n) is 15.7. The highest BCUT2D eigenvalue weighted by Gasteiger charge is 2.16. The van der Waals surface area contributed by atoms with Gasteiger partial charge in [-0.2, -0.15) is 0 Å². The van der Waals surface area contributed by atoms with Crippen LogP contribution < -0.4 is 0 Å². The lowest BCUT2D eigenvalue weighted by atomic mass is 9.91. The van der Waals surface area contributed by atoms with E-state index < -0.39 is 0 Å². The van der Waals surface area contributed by atoms with Crippen LogP contribution in [0.3, 0.4) is 0 Å². The third kappa shape index (κ3) is 7.74. The number of nitrogens with zero attached hydrogens (tertiary/aromatic N) is 5. The Morgan fingerprint density at radius 2 is 0.500 bits per heavy atom. The summed E-state index contributed by atoms with van der Waals surface area (Å²) in [7, 11) is 0. The number of hydrogen-bond acceptors (Lipinski definition) is 5. The van der Waals surface area contributed by atoms with Crippen LogP contribution in [0.2, 0.25) is 0 Å². The van der Waals surface area contributed by atoms with Crippen molar-refractivity contribution in [3.05, 3.63) is 237 Å². The first kappa shape index (κ1) is 38.3. The van der Waals surface area contributed by atoms with E-state index in [4.69, 9.17) is 24.9 Å².